The Balaban J connectivity index is 2.06. The average Bonchev–Trinajstić information content (AvgIpc) is 2.41. The van der Waals surface area contributed by atoms with Crippen molar-refractivity contribution in [3.8, 4) is 5.75 Å². The van der Waals surface area contributed by atoms with E-state index in [0.29, 0.717) is 11.6 Å². The molecule has 0 fully saturated rings. The molecule has 0 aromatic heterocycles. The summed E-state index contributed by atoms with van der Waals surface area (Å²) in [6, 6.07) is 15.1. The molecule has 0 amide bonds. The normalized spacial score (nSPS) is 12.2. The van der Waals surface area contributed by atoms with Crippen molar-refractivity contribution in [2.24, 2.45) is 0 Å². The lowest BCUT2D eigenvalue weighted by molar-refractivity contribution is 0.273. The summed E-state index contributed by atoms with van der Waals surface area (Å²) in [5, 5.41) is 4.60. The Labute approximate surface area is 123 Å². The van der Waals surface area contributed by atoms with Crippen LogP contribution >= 0.6 is 23.2 Å². The molecule has 1 atom stereocenters. The summed E-state index contributed by atoms with van der Waals surface area (Å²) in [6.07, 6.45) is 0. The molecule has 0 saturated heterocycles. The van der Waals surface area contributed by atoms with E-state index < -0.39 is 0 Å². The van der Waals surface area contributed by atoms with Crippen LogP contribution in [0.1, 0.15) is 11.6 Å². The van der Waals surface area contributed by atoms with Crippen LogP contribution in [0.15, 0.2) is 48.5 Å². The molecule has 2 nitrogen and oxygen atoms in total. The maximum atomic E-state index is 6.19. The Morgan fingerprint density at radius 1 is 1.11 bits per heavy atom. The highest BCUT2D eigenvalue weighted by Gasteiger charge is 2.13. The highest BCUT2D eigenvalue weighted by Crippen LogP contribution is 2.24. The first-order valence-corrected chi connectivity index (χ1v) is 6.76. The van der Waals surface area contributed by atoms with Crippen molar-refractivity contribution in [1.82, 2.24) is 5.32 Å². The van der Waals surface area contributed by atoms with Crippen molar-refractivity contribution in [1.29, 1.82) is 0 Å². The Hall–Kier alpha value is -1.22. The van der Waals surface area contributed by atoms with E-state index in [-0.39, 0.29) is 6.04 Å². The minimum absolute atomic E-state index is 0.0349. The van der Waals surface area contributed by atoms with Crippen molar-refractivity contribution in [3.05, 3.63) is 64.1 Å². The van der Waals surface area contributed by atoms with Crippen molar-refractivity contribution in [3.63, 3.8) is 0 Å². The first-order valence-electron chi connectivity index (χ1n) is 6.01. The molecule has 0 saturated carbocycles. The fourth-order valence-electron chi connectivity index (χ4n) is 1.82. The van der Waals surface area contributed by atoms with Crippen molar-refractivity contribution in [2.45, 2.75) is 6.04 Å². The van der Waals surface area contributed by atoms with E-state index in [1.165, 1.54) is 0 Å². The third-order valence-electron chi connectivity index (χ3n) is 2.84. The molecule has 19 heavy (non-hydrogen) atoms. The number of ether oxygens (including phenoxy) is 1. The third kappa shape index (κ3) is 3.87. The van der Waals surface area contributed by atoms with Crippen LogP contribution in [0.5, 0.6) is 5.75 Å². The minimum Gasteiger partial charge on any atom is -0.492 e. The highest BCUT2D eigenvalue weighted by atomic mass is 35.5. The predicted octanol–water partition coefficient (Wildman–Crippen LogP) is 4.33. The third-order valence-corrected chi connectivity index (χ3v) is 3.42. The van der Waals surface area contributed by atoms with Gasteiger partial charge in [0.25, 0.3) is 0 Å². The number of rotatable bonds is 5. The molecule has 0 aliphatic rings. The van der Waals surface area contributed by atoms with Gasteiger partial charge in [-0.25, -0.2) is 0 Å². The van der Waals surface area contributed by atoms with E-state index in [4.69, 9.17) is 27.9 Å². The van der Waals surface area contributed by atoms with Gasteiger partial charge >= 0.3 is 0 Å². The molecule has 4 heteroatoms. The van der Waals surface area contributed by atoms with Crippen LogP contribution < -0.4 is 10.1 Å². The Kier molecular flexibility index (Phi) is 5.08. The Morgan fingerprint density at radius 3 is 2.58 bits per heavy atom. The molecule has 2 aromatic rings. The summed E-state index contributed by atoms with van der Waals surface area (Å²) in [7, 11) is 1.88. The minimum atomic E-state index is 0.0349. The number of hydrogen-bond acceptors (Lipinski definition) is 2. The number of likely N-dealkylation sites (N-methyl/N-ethyl adjacent to an activating group) is 1. The molecule has 2 rings (SSSR count). The highest BCUT2D eigenvalue weighted by molar-refractivity contribution is 6.31. The quantitative estimate of drug-likeness (QED) is 0.886. The number of hydrogen-bond donors (Lipinski definition) is 1. The first-order chi connectivity index (χ1) is 9.20. The molecule has 0 spiro atoms. The maximum Gasteiger partial charge on any atom is 0.120 e. The molecule has 0 heterocycles. The molecule has 1 N–H and O–H groups in total. The van der Waals surface area contributed by atoms with Gasteiger partial charge in [0.05, 0.1) is 6.04 Å². The van der Waals surface area contributed by atoms with Gasteiger partial charge < -0.3 is 10.1 Å². The zero-order valence-electron chi connectivity index (χ0n) is 10.6. The van der Waals surface area contributed by atoms with Gasteiger partial charge in [0.2, 0.25) is 0 Å². The number of halogens is 2. The van der Waals surface area contributed by atoms with Gasteiger partial charge in [-0.2, -0.15) is 0 Å². The fourth-order valence-corrected chi connectivity index (χ4v) is 2.27. The maximum absolute atomic E-state index is 6.19. The molecule has 0 aliphatic carbocycles. The molecule has 0 aliphatic heterocycles. The standard InChI is InChI=1S/C15H15Cl2NO/c1-18-15(13-7-2-3-8-14(13)17)10-19-12-6-4-5-11(16)9-12/h2-9,15,18H,10H2,1H3. The number of nitrogens with one attached hydrogen (secondary N) is 1. The van der Waals surface area contributed by atoms with Crippen molar-refractivity contribution < 1.29 is 4.74 Å². The van der Waals surface area contributed by atoms with Crippen LogP contribution in [-0.4, -0.2) is 13.7 Å². The molecule has 2 aromatic carbocycles. The average molecular weight is 296 g/mol. The summed E-state index contributed by atoms with van der Waals surface area (Å²) in [5.41, 5.74) is 1.02. The second-order valence-electron chi connectivity index (χ2n) is 4.13. The van der Waals surface area contributed by atoms with Crippen LogP contribution in [0.25, 0.3) is 0 Å². The van der Waals surface area contributed by atoms with E-state index in [1.807, 2.05) is 49.5 Å². The summed E-state index contributed by atoms with van der Waals surface area (Å²) in [4.78, 5) is 0. The summed E-state index contributed by atoms with van der Waals surface area (Å²) in [6.45, 7) is 0.487. The smallest absolute Gasteiger partial charge is 0.120 e. The van der Waals surface area contributed by atoms with Gasteiger partial charge in [-0.1, -0.05) is 47.5 Å². The lowest BCUT2D eigenvalue weighted by Crippen LogP contribution is -2.23. The van der Waals surface area contributed by atoms with Crippen LogP contribution in [0.3, 0.4) is 0 Å². The summed E-state index contributed by atoms with van der Waals surface area (Å²) in [5.74, 6) is 0.750. The fraction of sp³-hybridized carbons (Fsp3) is 0.200. The predicted molar refractivity (Wildman–Crippen MR) is 80.2 cm³/mol. The topological polar surface area (TPSA) is 21.3 Å². The largest absolute Gasteiger partial charge is 0.492 e. The SMILES string of the molecule is CNC(COc1cccc(Cl)c1)c1ccccc1Cl. The molecule has 0 radical (unpaired) electrons. The lowest BCUT2D eigenvalue weighted by Gasteiger charge is -2.18. The monoisotopic (exact) mass is 295 g/mol. The molecule has 1 unspecified atom stereocenters. The van der Waals surface area contributed by atoms with Crippen molar-refractivity contribution in [2.75, 3.05) is 13.7 Å². The van der Waals surface area contributed by atoms with Gasteiger partial charge in [-0.15, -0.1) is 0 Å². The zero-order valence-corrected chi connectivity index (χ0v) is 12.1. The Morgan fingerprint density at radius 2 is 1.89 bits per heavy atom. The Bertz CT molecular complexity index is 545. The van der Waals surface area contributed by atoms with Crippen LogP contribution in [0.4, 0.5) is 0 Å². The van der Waals surface area contributed by atoms with Gasteiger partial charge in [0.1, 0.15) is 12.4 Å². The van der Waals surface area contributed by atoms with Crippen LogP contribution in [0, 0.1) is 0 Å². The molecular formula is C15H15Cl2NO. The summed E-state index contributed by atoms with van der Waals surface area (Å²) < 4.78 is 5.74. The van der Waals surface area contributed by atoms with Crippen LogP contribution in [0.2, 0.25) is 10.0 Å². The van der Waals surface area contributed by atoms with E-state index in [2.05, 4.69) is 5.32 Å². The summed E-state index contributed by atoms with van der Waals surface area (Å²) >= 11 is 12.1. The first kappa shape index (κ1) is 14.2. The van der Waals surface area contributed by atoms with Gasteiger partial charge in [-0.05, 0) is 36.9 Å². The van der Waals surface area contributed by atoms with E-state index in [9.17, 15) is 0 Å². The zero-order chi connectivity index (χ0) is 13.7. The molecule has 100 valence electrons. The van der Waals surface area contributed by atoms with Crippen LogP contribution in [-0.2, 0) is 0 Å². The van der Waals surface area contributed by atoms with E-state index >= 15 is 0 Å². The number of benzene rings is 2. The lowest BCUT2D eigenvalue weighted by atomic mass is 10.1. The van der Waals surface area contributed by atoms with Crippen molar-refractivity contribution >= 4 is 23.2 Å². The van der Waals surface area contributed by atoms with E-state index in [1.54, 1.807) is 6.07 Å². The van der Waals surface area contributed by atoms with Gasteiger partial charge in [-0.3, -0.25) is 0 Å². The van der Waals surface area contributed by atoms with Gasteiger partial charge in [0.15, 0.2) is 0 Å². The van der Waals surface area contributed by atoms with Gasteiger partial charge in [0, 0.05) is 10.0 Å². The van der Waals surface area contributed by atoms with E-state index in [0.717, 1.165) is 16.3 Å². The second kappa shape index (κ2) is 6.80. The molecule has 0 bridgehead atoms. The second-order valence-corrected chi connectivity index (χ2v) is 4.97. The molecular weight excluding hydrogens is 281 g/mol.